The number of hydrogen-bond acceptors (Lipinski definition) is 3. The lowest BCUT2D eigenvalue weighted by atomic mass is 10.1. The van der Waals surface area contributed by atoms with Gasteiger partial charge < -0.3 is 14.4 Å². The van der Waals surface area contributed by atoms with Crippen molar-refractivity contribution in [2.24, 2.45) is 0 Å². The van der Waals surface area contributed by atoms with Gasteiger partial charge >= 0.3 is 5.63 Å². The van der Waals surface area contributed by atoms with Crippen molar-refractivity contribution in [3.8, 4) is 5.75 Å². The van der Waals surface area contributed by atoms with Crippen LogP contribution in [-0.4, -0.2) is 12.2 Å². The predicted molar refractivity (Wildman–Crippen MR) is 92.6 cm³/mol. The van der Waals surface area contributed by atoms with Crippen LogP contribution in [0.1, 0.15) is 11.1 Å². The number of phenols is 1. The zero-order valence-electron chi connectivity index (χ0n) is 12.7. The number of fused-ring (bicyclic) bond motifs is 1. The maximum atomic E-state index is 11.7. The highest BCUT2D eigenvalue weighted by Gasteiger charge is 2.11. The first-order chi connectivity index (χ1) is 11.0. The van der Waals surface area contributed by atoms with Crippen LogP contribution in [0, 0.1) is 0 Å². The summed E-state index contributed by atoms with van der Waals surface area (Å²) in [5.41, 5.74) is 2.18. The van der Waals surface area contributed by atoms with Crippen LogP contribution in [0.4, 0.5) is 0 Å². The fraction of sp³-hybridized carbons (Fsp3) is 0.167. The number of quaternary nitrogens is 1. The molecular formula is C18H17BrNO3+. The van der Waals surface area contributed by atoms with Crippen molar-refractivity contribution < 1.29 is 14.4 Å². The van der Waals surface area contributed by atoms with Crippen LogP contribution in [-0.2, 0) is 13.1 Å². The second-order valence-electron chi connectivity index (χ2n) is 5.71. The molecule has 0 saturated carbocycles. The molecule has 0 radical (unpaired) electrons. The van der Waals surface area contributed by atoms with Gasteiger partial charge in [0.05, 0.1) is 7.05 Å². The van der Waals surface area contributed by atoms with Crippen LogP contribution in [0.25, 0.3) is 11.0 Å². The fourth-order valence-corrected chi connectivity index (χ4v) is 2.97. The van der Waals surface area contributed by atoms with E-state index in [1.165, 1.54) is 22.6 Å². The van der Waals surface area contributed by atoms with Crippen molar-refractivity contribution >= 4 is 26.9 Å². The summed E-state index contributed by atoms with van der Waals surface area (Å²) >= 11 is 3.43. The van der Waals surface area contributed by atoms with E-state index in [2.05, 4.69) is 35.1 Å². The van der Waals surface area contributed by atoms with Crippen LogP contribution in [0.2, 0.25) is 0 Å². The largest absolute Gasteiger partial charge is 0.508 e. The van der Waals surface area contributed by atoms with E-state index in [-0.39, 0.29) is 5.75 Å². The number of benzene rings is 2. The molecule has 0 aliphatic carbocycles. The standard InChI is InChI=1S/C18H16BrNO3/c1-20(10-12-2-4-14(19)5-3-12)11-13-8-18(22)23-17-9-15(21)6-7-16(13)17/h2-9,21H,10-11H2,1H3/p+1. The minimum atomic E-state index is -0.394. The Morgan fingerprint density at radius 1 is 1.09 bits per heavy atom. The topological polar surface area (TPSA) is 54.9 Å². The number of rotatable bonds is 4. The molecule has 23 heavy (non-hydrogen) atoms. The Kier molecular flexibility index (Phi) is 4.50. The fourth-order valence-electron chi connectivity index (χ4n) is 2.70. The van der Waals surface area contributed by atoms with Gasteiger partial charge in [-0.05, 0) is 24.3 Å². The molecule has 2 N–H and O–H groups in total. The number of nitrogens with one attached hydrogen (secondary N) is 1. The van der Waals surface area contributed by atoms with Gasteiger partial charge in [-0.2, -0.15) is 0 Å². The van der Waals surface area contributed by atoms with Crippen LogP contribution < -0.4 is 10.5 Å². The van der Waals surface area contributed by atoms with Gasteiger partial charge in [0, 0.05) is 33.1 Å². The summed E-state index contributed by atoms with van der Waals surface area (Å²) in [6, 6.07) is 14.6. The summed E-state index contributed by atoms with van der Waals surface area (Å²) in [7, 11) is 2.09. The van der Waals surface area contributed by atoms with Crippen LogP contribution in [0.3, 0.4) is 0 Å². The maximum Gasteiger partial charge on any atom is 0.336 e. The average molecular weight is 375 g/mol. The van der Waals surface area contributed by atoms with Crippen molar-refractivity contribution in [2.75, 3.05) is 7.05 Å². The molecule has 0 spiro atoms. The number of aromatic hydroxyl groups is 1. The normalized spacial score (nSPS) is 12.4. The van der Waals surface area contributed by atoms with Crippen LogP contribution in [0.5, 0.6) is 5.75 Å². The Morgan fingerprint density at radius 3 is 2.57 bits per heavy atom. The van der Waals surface area contributed by atoms with Gasteiger partial charge in [-0.1, -0.05) is 28.1 Å². The molecule has 0 aliphatic rings. The van der Waals surface area contributed by atoms with E-state index in [0.29, 0.717) is 12.1 Å². The predicted octanol–water partition coefficient (Wildman–Crippen LogP) is 2.48. The minimum Gasteiger partial charge on any atom is -0.508 e. The zero-order chi connectivity index (χ0) is 16.4. The lowest BCUT2D eigenvalue weighted by Crippen LogP contribution is -3.06. The number of phenolic OH excluding ortho intramolecular Hbond substituents is 1. The van der Waals surface area contributed by atoms with Gasteiger partial charge in [0.1, 0.15) is 24.4 Å². The zero-order valence-corrected chi connectivity index (χ0v) is 14.3. The molecule has 3 aromatic rings. The molecule has 0 bridgehead atoms. The summed E-state index contributed by atoms with van der Waals surface area (Å²) in [6.07, 6.45) is 0. The van der Waals surface area contributed by atoms with E-state index >= 15 is 0 Å². The Morgan fingerprint density at radius 2 is 1.83 bits per heavy atom. The quantitative estimate of drug-likeness (QED) is 0.689. The molecule has 5 heteroatoms. The Hall–Kier alpha value is -2.11. The summed E-state index contributed by atoms with van der Waals surface area (Å²) in [5.74, 6) is 0.0911. The summed E-state index contributed by atoms with van der Waals surface area (Å²) in [6.45, 7) is 1.55. The van der Waals surface area contributed by atoms with E-state index in [1.54, 1.807) is 12.1 Å². The number of halogens is 1. The maximum absolute atomic E-state index is 11.7. The molecule has 0 aliphatic heterocycles. The van der Waals surface area contributed by atoms with E-state index in [1.807, 2.05) is 12.1 Å². The molecule has 0 saturated heterocycles. The Bertz CT molecular complexity index is 887. The Balaban J connectivity index is 1.85. The van der Waals surface area contributed by atoms with E-state index < -0.39 is 5.63 Å². The van der Waals surface area contributed by atoms with Crippen molar-refractivity contribution in [1.29, 1.82) is 0 Å². The molecule has 1 aromatic heterocycles. The van der Waals surface area contributed by atoms with E-state index in [9.17, 15) is 9.90 Å². The highest BCUT2D eigenvalue weighted by molar-refractivity contribution is 9.10. The second kappa shape index (κ2) is 6.56. The van der Waals surface area contributed by atoms with Crippen molar-refractivity contribution in [1.82, 2.24) is 0 Å². The smallest absolute Gasteiger partial charge is 0.336 e. The highest BCUT2D eigenvalue weighted by Crippen LogP contribution is 2.21. The molecule has 118 valence electrons. The van der Waals surface area contributed by atoms with Crippen LogP contribution >= 0.6 is 15.9 Å². The lowest BCUT2D eigenvalue weighted by molar-refractivity contribution is -0.907. The third-order valence-corrected chi connectivity index (χ3v) is 4.25. The molecule has 1 unspecified atom stereocenters. The highest BCUT2D eigenvalue weighted by atomic mass is 79.9. The van der Waals surface area contributed by atoms with Crippen molar-refractivity contribution in [3.63, 3.8) is 0 Å². The monoisotopic (exact) mass is 374 g/mol. The van der Waals surface area contributed by atoms with Crippen LogP contribution in [0.15, 0.2) is 62.2 Å². The van der Waals surface area contributed by atoms with Gasteiger partial charge in [0.25, 0.3) is 0 Å². The molecular weight excluding hydrogens is 358 g/mol. The first kappa shape index (κ1) is 15.8. The molecule has 4 nitrogen and oxygen atoms in total. The van der Waals surface area contributed by atoms with Crippen molar-refractivity contribution in [2.45, 2.75) is 13.1 Å². The first-order valence-electron chi connectivity index (χ1n) is 7.33. The lowest BCUT2D eigenvalue weighted by Gasteiger charge is -2.15. The van der Waals surface area contributed by atoms with Gasteiger partial charge in [-0.3, -0.25) is 0 Å². The first-order valence-corrected chi connectivity index (χ1v) is 8.12. The summed E-state index contributed by atoms with van der Waals surface area (Å²) in [5, 5.41) is 10.4. The summed E-state index contributed by atoms with van der Waals surface area (Å²) in [4.78, 5) is 13.0. The van der Waals surface area contributed by atoms with Gasteiger partial charge in [-0.15, -0.1) is 0 Å². The Labute approximate surface area is 142 Å². The molecule has 2 aromatic carbocycles. The third-order valence-electron chi connectivity index (χ3n) is 3.73. The summed E-state index contributed by atoms with van der Waals surface area (Å²) < 4.78 is 6.23. The van der Waals surface area contributed by atoms with Gasteiger partial charge in [0.2, 0.25) is 0 Å². The minimum absolute atomic E-state index is 0.0911. The third kappa shape index (κ3) is 3.81. The average Bonchev–Trinajstić information content (AvgIpc) is 2.49. The molecule has 3 rings (SSSR count). The van der Waals surface area contributed by atoms with Gasteiger partial charge in [-0.25, -0.2) is 4.79 Å². The molecule has 1 atom stereocenters. The second-order valence-corrected chi connectivity index (χ2v) is 6.62. The number of hydrogen-bond donors (Lipinski definition) is 2. The SMILES string of the molecule is C[NH+](Cc1ccc(Br)cc1)Cc1cc(=O)oc2cc(O)ccc12. The molecule has 0 amide bonds. The molecule has 1 heterocycles. The molecule has 0 fully saturated rings. The van der Waals surface area contributed by atoms with Crippen molar-refractivity contribution in [3.05, 3.63) is 74.6 Å². The van der Waals surface area contributed by atoms with Gasteiger partial charge in [0.15, 0.2) is 0 Å². The van der Waals surface area contributed by atoms with E-state index in [0.717, 1.165) is 22.0 Å². The van der Waals surface area contributed by atoms with E-state index in [4.69, 9.17) is 4.42 Å².